The second-order valence-corrected chi connectivity index (χ2v) is 10.6. The summed E-state index contributed by atoms with van der Waals surface area (Å²) < 4.78 is 2.22. The van der Waals surface area contributed by atoms with Crippen LogP contribution >= 0.6 is 0 Å². The Bertz CT molecular complexity index is 1250. The summed E-state index contributed by atoms with van der Waals surface area (Å²) in [4.78, 5) is 33.7. The SMILES string of the molecule is C[C@H]1CN(c2ccc(Nc3ncc4cc5n(c4n3)C3(CCCCC3)CN(C)C5=O)nc2)CCN1C. The molecule has 3 aliphatic rings. The van der Waals surface area contributed by atoms with E-state index in [0.717, 1.165) is 61.4 Å². The van der Waals surface area contributed by atoms with Gasteiger partial charge in [-0.05, 0) is 45.0 Å². The van der Waals surface area contributed by atoms with Crippen LogP contribution < -0.4 is 10.2 Å². The summed E-state index contributed by atoms with van der Waals surface area (Å²) in [5.74, 6) is 1.28. The first kappa shape index (κ1) is 22.3. The molecule has 1 amide bonds. The fourth-order valence-electron chi connectivity index (χ4n) is 6.10. The van der Waals surface area contributed by atoms with Gasteiger partial charge in [0.2, 0.25) is 5.95 Å². The second-order valence-electron chi connectivity index (χ2n) is 10.6. The Labute approximate surface area is 206 Å². The van der Waals surface area contributed by atoms with Gasteiger partial charge in [-0.3, -0.25) is 4.79 Å². The summed E-state index contributed by atoms with van der Waals surface area (Å²) in [6.45, 7) is 6.05. The Balaban J connectivity index is 1.29. The van der Waals surface area contributed by atoms with Gasteiger partial charge in [-0.2, -0.15) is 4.98 Å². The van der Waals surface area contributed by atoms with Gasteiger partial charge >= 0.3 is 0 Å². The van der Waals surface area contributed by atoms with Crippen molar-refractivity contribution in [3.05, 3.63) is 36.3 Å². The number of carbonyl (C=O) groups excluding carboxylic acids is 1. The van der Waals surface area contributed by atoms with Crippen molar-refractivity contribution in [3.8, 4) is 0 Å². The van der Waals surface area contributed by atoms with E-state index in [1.807, 2.05) is 36.5 Å². The number of nitrogens with zero attached hydrogens (tertiary/aromatic N) is 7. The predicted molar refractivity (Wildman–Crippen MR) is 137 cm³/mol. The first-order valence-electron chi connectivity index (χ1n) is 12.8. The Morgan fingerprint density at radius 1 is 1.06 bits per heavy atom. The van der Waals surface area contributed by atoms with E-state index in [0.29, 0.717) is 17.8 Å². The van der Waals surface area contributed by atoms with Gasteiger partial charge in [0, 0.05) is 50.9 Å². The lowest BCUT2D eigenvalue weighted by molar-refractivity contribution is 0.0543. The molecule has 6 rings (SSSR count). The minimum Gasteiger partial charge on any atom is -0.367 e. The highest BCUT2D eigenvalue weighted by molar-refractivity contribution is 5.99. The summed E-state index contributed by atoms with van der Waals surface area (Å²) in [6.07, 6.45) is 9.50. The molecule has 3 aromatic heterocycles. The van der Waals surface area contributed by atoms with Gasteiger partial charge in [0.05, 0.1) is 17.4 Å². The molecule has 184 valence electrons. The number of pyridine rings is 1. The van der Waals surface area contributed by atoms with Crippen molar-refractivity contribution in [1.29, 1.82) is 0 Å². The van der Waals surface area contributed by atoms with Gasteiger partial charge in [-0.25, -0.2) is 9.97 Å². The Kier molecular flexibility index (Phi) is 5.40. The number of fused-ring (bicyclic) bond motifs is 4. The highest BCUT2D eigenvalue weighted by Gasteiger charge is 2.43. The van der Waals surface area contributed by atoms with E-state index in [2.05, 4.69) is 49.7 Å². The first-order chi connectivity index (χ1) is 16.9. The lowest BCUT2D eigenvalue weighted by atomic mass is 9.79. The lowest BCUT2D eigenvalue weighted by Gasteiger charge is -2.45. The third-order valence-corrected chi connectivity index (χ3v) is 8.21. The maximum absolute atomic E-state index is 13.0. The normalized spacial score (nSPS) is 22.6. The number of carbonyl (C=O) groups is 1. The summed E-state index contributed by atoms with van der Waals surface area (Å²) >= 11 is 0. The predicted octanol–water partition coefficient (Wildman–Crippen LogP) is 3.46. The van der Waals surface area contributed by atoms with E-state index in [4.69, 9.17) is 4.98 Å². The zero-order chi connectivity index (χ0) is 24.2. The first-order valence-corrected chi connectivity index (χ1v) is 12.8. The van der Waals surface area contributed by atoms with E-state index in [-0.39, 0.29) is 11.4 Å². The molecule has 0 radical (unpaired) electrons. The lowest BCUT2D eigenvalue weighted by Crippen LogP contribution is -2.53. The third-order valence-electron chi connectivity index (χ3n) is 8.21. The fourth-order valence-corrected chi connectivity index (χ4v) is 6.10. The summed E-state index contributed by atoms with van der Waals surface area (Å²) in [6, 6.07) is 6.57. The van der Waals surface area contributed by atoms with Crippen molar-refractivity contribution in [1.82, 2.24) is 29.3 Å². The zero-order valence-corrected chi connectivity index (χ0v) is 20.9. The molecule has 1 N–H and O–H groups in total. The van der Waals surface area contributed by atoms with Gasteiger partial charge in [0.15, 0.2) is 0 Å². The van der Waals surface area contributed by atoms with E-state index in [9.17, 15) is 4.79 Å². The molecule has 0 aromatic carbocycles. The molecule has 9 heteroatoms. The Morgan fingerprint density at radius 2 is 1.89 bits per heavy atom. The standard InChI is InChI=1S/C26H34N8O/c1-18-16-33(12-11-31(18)2)20-7-8-22(27-15-20)29-25-28-14-19-13-21-24(35)32(3)17-26(9-5-4-6-10-26)34(21)23(19)30-25/h7-8,13-15,18H,4-6,9-12,16-17H2,1-3H3,(H,27,28,29,30)/t18-/m0/s1. The maximum Gasteiger partial charge on any atom is 0.270 e. The molecule has 9 nitrogen and oxygen atoms in total. The van der Waals surface area contributed by atoms with Gasteiger partial charge in [-0.1, -0.05) is 19.3 Å². The van der Waals surface area contributed by atoms with Crippen molar-refractivity contribution < 1.29 is 4.79 Å². The minimum absolute atomic E-state index is 0.0594. The average molecular weight is 475 g/mol. The molecule has 1 saturated carbocycles. The van der Waals surface area contributed by atoms with Crippen LogP contribution in [0, 0.1) is 0 Å². The number of hydrogen-bond acceptors (Lipinski definition) is 7. The maximum atomic E-state index is 13.0. The number of hydrogen-bond donors (Lipinski definition) is 1. The molecular weight excluding hydrogens is 440 g/mol. The quantitative estimate of drug-likeness (QED) is 0.623. The topological polar surface area (TPSA) is 82.4 Å². The highest BCUT2D eigenvalue weighted by Crippen LogP contribution is 2.42. The zero-order valence-electron chi connectivity index (χ0n) is 20.9. The van der Waals surface area contributed by atoms with Crippen molar-refractivity contribution >= 4 is 34.4 Å². The van der Waals surface area contributed by atoms with Gasteiger partial charge in [0.1, 0.15) is 17.2 Å². The van der Waals surface area contributed by atoms with Crippen LogP contribution in [0.1, 0.15) is 49.5 Å². The monoisotopic (exact) mass is 474 g/mol. The number of amides is 1. The van der Waals surface area contributed by atoms with Crippen LogP contribution in [-0.2, 0) is 5.54 Å². The molecule has 3 aromatic rings. The van der Waals surface area contributed by atoms with Crippen molar-refractivity contribution in [2.45, 2.75) is 50.6 Å². The fraction of sp³-hybridized carbons (Fsp3) is 0.538. The molecular formula is C26H34N8O. The van der Waals surface area contributed by atoms with E-state index >= 15 is 0 Å². The largest absolute Gasteiger partial charge is 0.367 e. The van der Waals surface area contributed by atoms with Crippen LogP contribution in [0.2, 0.25) is 0 Å². The number of rotatable bonds is 3. The van der Waals surface area contributed by atoms with Gasteiger partial charge < -0.3 is 24.6 Å². The Hall–Kier alpha value is -3.20. The van der Waals surface area contributed by atoms with Crippen LogP contribution in [0.4, 0.5) is 17.5 Å². The molecule has 1 aliphatic carbocycles. The number of anilines is 3. The molecule has 0 unspecified atom stereocenters. The summed E-state index contributed by atoms with van der Waals surface area (Å²) in [5, 5.41) is 4.19. The second kappa shape index (κ2) is 8.48. The molecule has 35 heavy (non-hydrogen) atoms. The number of nitrogens with one attached hydrogen (secondary N) is 1. The minimum atomic E-state index is -0.0802. The average Bonchev–Trinajstić information content (AvgIpc) is 3.26. The van der Waals surface area contributed by atoms with Crippen LogP contribution in [0.15, 0.2) is 30.6 Å². The summed E-state index contributed by atoms with van der Waals surface area (Å²) in [7, 11) is 4.09. The van der Waals surface area contributed by atoms with Crippen molar-refractivity contribution in [3.63, 3.8) is 0 Å². The van der Waals surface area contributed by atoms with Crippen LogP contribution in [0.5, 0.6) is 0 Å². The molecule has 2 aliphatic heterocycles. The number of piperazine rings is 1. The van der Waals surface area contributed by atoms with E-state index < -0.39 is 0 Å². The molecule has 0 bridgehead atoms. The van der Waals surface area contributed by atoms with Gasteiger partial charge in [0.25, 0.3) is 5.91 Å². The number of likely N-dealkylation sites (N-methyl/N-ethyl adjacent to an activating group) is 2. The van der Waals surface area contributed by atoms with E-state index in [1.165, 1.54) is 19.3 Å². The number of aromatic nitrogens is 4. The van der Waals surface area contributed by atoms with E-state index in [1.54, 1.807) is 0 Å². The van der Waals surface area contributed by atoms with Crippen molar-refractivity contribution in [2.75, 3.05) is 50.5 Å². The van der Waals surface area contributed by atoms with Crippen LogP contribution in [0.3, 0.4) is 0 Å². The third kappa shape index (κ3) is 3.82. The van der Waals surface area contributed by atoms with Gasteiger partial charge in [-0.15, -0.1) is 0 Å². The highest BCUT2D eigenvalue weighted by atomic mass is 16.2. The Morgan fingerprint density at radius 3 is 2.63 bits per heavy atom. The molecule has 5 heterocycles. The molecule has 1 atom stereocenters. The molecule has 1 spiro atoms. The molecule has 1 saturated heterocycles. The van der Waals surface area contributed by atoms with Crippen LogP contribution in [-0.4, -0.2) is 81.5 Å². The summed E-state index contributed by atoms with van der Waals surface area (Å²) in [5.41, 5.74) is 2.62. The molecule has 2 fully saturated rings. The van der Waals surface area contributed by atoms with Crippen molar-refractivity contribution in [2.24, 2.45) is 0 Å². The van der Waals surface area contributed by atoms with Crippen LogP contribution in [0.25, 0.3) is 11.0 Å². The smallest absolute Gasteiger partial charge is 0.270 e.